The standard InChI is InChI=1S/C9H14N2O2S/c1-4-14(13)6-8(12)9-10-5-7(2)11(9)3/h5H,4,6H2,1-3H3. The van der Waals surface area contributed by atoms with Crippen LogP contribution in [0, 0.1) is 6.92 Å². The number of imidazole rings is 1. The fraction of sp³-hybridized carbons (Fsp3) is 0.556. The fourth-order valence-electron chi connectivity index (χ4n) is 1.07. The summed E-state index contributed by atoms with van der Waals surface area (Å²) in [7, 11) is 0.723. The van der Waals surface area contributed by atoms with Gasteiger partial charge in [0.15, 0.2) is 5.82 Å². The summed E-state index contributed by atoms with van der Waals surface area (Å²) in [5.74, 6) is 0.820. The molecule has 78 valence electrons. The Labute approximate surface area is 85.8 Å². The summed E-state index contributed by atoms with van der Waals surface area (Å²) in [5, 5.41) is 0. The van der Waals surface area contributed by atoms with E-state index in [0.717, 1.165) is 5.69 Å². The topological polar surface area (TPSA) is 52.0 Å². The van der Waals surface area contributed by atoms with Gasteiger partial charge >= 0.3 is 0 Å². The molecule has 0 N–H and O–H groups in total. The van der Waals surface area contributed by atoms with Crippen molar-refractivity contribution in [3.05, 3.63) is 17.7 Å². The summed E-state index contributed by atoms with van der Waals surface area (Å²) in [5.41, 5.74) is 0.927. The Morgan fingerprint density at radius 3 is 2.71 bits per heavy atom. The van der Waals surface area contributed by atoms with Crippen LogP contribution in [0.1, 0.15) is 23.2 Å². The zero-order valence-corrected chi connectivity index (χ0v) is 9.43. The van der Waals surface area contributed by atoms with Gasteiger partial charge in [0.25, 0.3) is 0 Å². The number of hydrogen-bond acceptors (Lipinski definition) is 3. The van der Waals surface area contributed by atoms with Crippen LogP contribution in [0.2, 0.25) is 0 Å². The molecule has 0 radical (unpaired) electrons. The molecule has 14 heavy (non-hydrogen) atoms. The quantitative estimate of drug-likeness (QED) is 0.693. The van der Waals surface area contributed by atoms with Gasteiger partial charge in [-0.2, -0.15) is 0 Å². The highest BCUT2D eigenvalue weighted by atomic mass is 32.2. The molecular weight excluding hydrogens is 200 g/mol. The van der Waals surface area contributed by atoms with Gasteiger partial charge in [-0.05, 0) is 6.92 Å². The Balaban J connectivity index is 2.80. The fourth-order valence-corrected chi connectivity index (χ4v) is 1.69. The number of Topliss-reactive ketones (excluding diaryl/α,β-unsaturated/α-hetero) is 1. The first kappa shape index (κ1) is 11.1. The van der Waals surface area contributed by atoms with Gasteiger partial charge in [-0.25, -0.2) is 4.98 Å². The molecule has 1 aromatic rings. The van der Waals surface area contributed by atoms with Crippen LogP contribution in [-0.4, -0.2) is 31.0 Å². The Morgan fingerprint density at radius 2 is 2.29 bits per heavy atom. The van der Waals surface area contributed by atoms with E-state index in [9.17, 15) is 9.00 Å². The minimum Gasteiger partial charge on any atom is -0.329 e. The molecule has 1 rings (SSSR count). The van der Waals surface area contributed by atoms with E-state index >= 15 is 0 Å². The van der Waals surface area contributed by atoms with Crippen LogP contribution in [0.15, 0.2) is 6.20 Å². The lowest BCUT2D eigenvalue weighted by molar-refractivity contribution is 0.100. The van der Waals surface area contributed by atoms with Crippen LogP contribution in [0.4, 0.5) is 0 Å². The van der Waals surface area contributed by atoms with Gasteiger partial charge in [-0.15, -0.1) is 0 Å². The maximum Gasteiger partial charge on any atom is 0.210 e. The van der Waals surface area contributed by atoms with E-state index in [0.29, 0.717) is 11.6 Å². The van der Waals surface area contributed by atoms with E-state index in [4.69, 9.17) is 0 Å². The van der Waals surface area contributed by atoms with E-state index < -0.39 is 10.8 Å². The molecule has 5 heteroatoms. The number of carbonyl (C=O) groups excluding carboxylic acids is 1. The number of aryl methyl sites for hydroxylation is 1. The summed E-state index contributed by atoms with van der Waals surface area (Å²) in [6, 6.07) is 0. The molecule has 0 fully saturated rings. The molecule has 1 unspecified atom stereocenters. The smallest absolute Gasteiger partial charge is 0.210 e. The number of ketones is 1. The van der Waals surface area contributed by atoms with Gasteiger partial charge < -0.3 is 4.57 Å². The van der Waals surface area contributed by atoms with E-state index in [1.54, 1.807) is 24.7 Å². The van der Waals surface area contributed by atoms with Crippen molar-refractivity contribution in [3.8, 4) is 0 Å². The van der Waals surface area contributed by atoms with Gasteiger partial charge in [0.05, 0.1) is 5.75 Å². The predicted molar refractivity (Wildman–Crippen MR) is 55.8 cm³/mol. The van der Waals surface area contributed by atoms with Gasteiger partial charge in [-0.1, -0.05) is 6.92 Å². The van der Waals surface area contributed by atoms with Crippen molar-refractivity contribution in [2.75, 3.05) is 11.5 Å². The third-order valence-corrected chi connectivity index (χ3v) is 3.31. The number of carbonyl (C=O) groups is 1. The maximum absolute atomic E-state index is 11.6. The van der Waals surface area contributed by atoms with Crippen LogP contribution in [-0.2, 0) is 17.8 Å². The first-order valence-corrected chi connectivity index (χ1v) is 5.91. The second-order valence-corrected chi connectivity index (χ2v) is 4.82. The van der Waals surface area contributed by atoms with Crippen molar-refractivity contribution >= 4 is 16.6 Å². The minimum absolute atomic E-state index is 0.0702. The lowest BCUT2D eigenvalue weighted by Crippen LogP contribution is -2.16. The summed E-state index contributed by atoms with van der Waals surface area (Å²) in [4.78, 5) is 15.6. The van der Waals surface area contributed by atoms with Crippen LogP contribution in [0.25, 0.3) is 0 Å². The first-order chi connectivity index (χ1) is 6.56. The van der Waals surface area contributed by atoms with Gasteiger partial charge in [-0.3, -0.25) is 9.00 Å². The second-order valence-electron chi connectivity index (χ2n) is 3.08. The maximum atomic E-state index is 11.6. The molecule has 4 nitrogen and oxygen atoms in total. The predicted octanol–water partition coefficient (Wildman–Crippen LogP) is 0.680. The number of nitrogens with zero attached hydrogens (tertiary/aromatic N) is 2. The molecule has 0 aliphatic carbocycles. The average Bonchev–Trinajstić information content (AvgIpc) is 2.47. The van der Waals surface area contributed by atoms with Crippen LogP contribution < -0.4 is 0 Å². The number of rotatable bonds is 4. The Morgan fingerprint density at radius 1 is 1.64 bits per heavy atom. The van der Waals surface area contributed by atoms with Crippen molar-refractivity contribution in [1.82, 2.24) is 9.55 Å². The Hall–Kier alpha value is -0.970. The molecule has 1 heterocycles. The van der Waals surface area contributed by atoms with Crippen molar-refractivity contribution in [1.29, 1.82) is 0 Å². The van der Waals surface area contributed by atoms with Gasteiger partial charge in [0.1, 0.15) is 0 Å². The van der Waals surface area contributed by atoms with Crippen molar-refractivity contribution in [2.24, 2.45) is 7.05 Å². The normalized spacial score (nSPS) is 12.8. The van der Waals surface area contributed by atoms with E-state index in [1.165, 1.54) is 0 Å². The van der Waals surface area contributed by atoms with E-state index in [2.05, 4.69) is 4.98 Å². The zero-order chi connectivity index (χ0) is 10.7. The summed E-state index contributed by atoms with van der Waals surface area (Å²) in [6.45, 7) is 3.67. The summed E-state index contributed by atoms with van der Waals surface area (Å²) < 4.78 is 12.9. The van der Waals surface area contributed by atoms with Gasteiger partial charge in [0, 0.05) is 35.5 Å². The third kappa shape index (κ3) is 2.29. The molecular formula is C9H14N2O2S. The van der Waals surface area contributed by atoms with Crippen molar-refractivity contribution < 1.29 is 9.00 Å². The second kappa shape index (κ2) is 4.50. The lowest BCUT2D eigenvalue weighted by Gasteiger charge is -2.01. The van der Waals surface area contributed by atoms with Crippen LogP contribution in [0.3, 0.4) is 0 Å². The molecule has 0 aliphatic rings. The van der Waals surface area contributed by atoms with Gasteiger partial charge in [0.2, 0.25) is 5.78 Å². The van der Waals surface area contributed by atoms with E-state index in [1.807, 2.05) is 6.92 Å². The van der Waals surface area contributed by atoms with Crippen LogP contribution >= 0.6 is 0 Å². The molecule has 0 aliphatic heterocycles. The highest BCUT2D eigenvalue weighted by molar-refractivity contribution is 7.85. The molecule has 0 bridgehead atoms. The molecule has 0 saturated carbocycles. The Bertz CT molecular complexity index is 371. The molecule has 0 spiro atoms. The molecule has 0 aromatic carbocycles. The third-order valence-electron chi connectivity index (χ3n) is 2.08. The lowest BCUT2D eigenvalue weighted by atomic mass is 10.4. The number of aromatic nitrogens is 2. The SMILES string of the molecule is CCS(=O)CC(=O)c1ncc(C)n1C. The molecule has 0 amide bonds. The monoisotopic (exact) mass is 214 g/mol. The molecule has 0 saturated heterocycles. The minimum atomic E-state index is -1.06. The average molecular weight is 214 g/mol. The van der Waals surface area contributed by atoms with E-state index in [-0.39, 0.29) is 11.5 Å². The van der Waals surface area contributed by atoms with Crippen molar-refractivity contribution in [2.45, 2.75) is 13.8 Å². The molecule has 1 atom stereocenters. The van der Waals surface area contributed by atoms with Crippen molar-refractivity contribution in [3.63, 3.8) is 0 Å². The number of hydrogen-bond donors (Lipinski definition) is 0. The molecule has 1 aromatic heterocycles. The summed E-state index contributed by atoms with van der Waals surface area (Å²) in [6.07, 6.45) is 1.64. The highest BCUT2D eigenvalue weighted by Gasteiger charge is 2.14. The Kier molecular flexibility index (Phi) is 3.57. The first-order valence-electron chi connectivity index (χ1n) is 4.42. The summed E-state index contributed by atoms with van der Waals surface area (Å²) >= 11 is 0. The highest BCUT2D eigenvalue weighted by Crippen LogP contribution is 2.03. The largest absolute Gasteiger partial charge is 0.329 e. The van der Waals surface area contributed by atoms with Crippen LogP contribution in [0.5, 0.6) is 0 Å². The zero-order valence-electron chi connectivity index (χ0n) is 8.61.